The quantitative estimate of drug-likeness (QED) is 0.604. The van der Waals surface area contributed by atoms with Gasteiger partial charge in [-0.1, -0.05) is 62.2 Å². The van der Waals surface area contributed by atoms with Crippen molar-refractivity contribution in [2.75, 3.05) is 0 Å². The van der Waals surface area contributed by atoms with Crippen molar-refractivity contribution in [3.05, 3.63) is 76.3 Å². The number of hydrogen-bond donors (Lipinski definition) is 0. The van der Waals surface area contributed by atoms with Crippen molar-refractivity contribution < 1.29 is 4.79 Å². The summed E-state index contributed by atoms with van der Waals surface area (Å²) in [5, 5.41) is 0.607. The second kappa shape index (κ2) is 8.82. The Hall–Kier alpha value is -2.95. The highest BCUT2D eigenvalue weighted by atomic mass is 16.2. The predicted octanol–water partition coefficient (Wildman–Crippen LogP) is 4.60. The first-order valence-corrected chi connectivity index (χ1v) is 10.9. The van der Waals surface area contributed by atoms with Crippen molar-refractivity contribution in [1.29, 1.82) is 0 Å². The molecule has 1 fully saturated rings. The van der Waals surface area contributed by atoms with E-state index in [0.717, 1.165) is 31.2 Å². The predicted molar refractivity (Wildman–Crippen MR) is 119 cm³/mol. The molecule has 5 heteroatoms. The van der Waals surface area contributed by atoms with Crippen LogP contribution >= 0.6 is 0 Å². The van der Waals surface area contributed by atoms with Gasteiger partial charge in [-0.2, -0.15) is 0 Å². The smallest absolute Gasteiger partial charge is 0.261 e. The summed E-state index contributed by atoms with van der Waals surface area (Å²) >= 11 is 0. The minimum atomic E-state index is -0.249. The monoisotopic (exact) mass is 403 g/mol. The van der Waals surface area contributed by atoms with E-state index in [9.17, 15) is 9.59 Å². The molecule has 1 aliphatic rings. The third-order valence-electron chi connectivity index (χ3n) is 6.26. The molecule has 1 aromatic heterocycles. The first-order chi connectivity index (χ1) is 14.6. The molecule has 0 bridgehead atoms. The second-order valence-electron chi connectivity index (χ2n) is 8.21. The number of benzene rings is 2. The number of aromatic nitrogens is 2. The van der Waals surface area contributed by atoms with Gasteiger partial charge in [0.15, 0.2) is 0 Å². The van der Waals surface area contributed by atoms with Gasteiger partial charge in [-0.25, -0.2) is 4.98 Å². The molecule has 1 saturated carbocycles. The van der Waals surface area contributed by atoms with E-state index in [-0.39, 0.29) is 23.4 Å². The number of amides is 1. The molecule has 1 unspecified atom stereocenters. The normalized spacial score (nSPS) is 15.4. The average molecular weight is 404 g/mol. The zero-order valence-electron chi connectivity index (χ0n) is 17.8. The van der Waals surface area contributed by atoms with Gasteiger partial charge in [0, 0.05) is 19.5 Å². The SMILES string of the molecule is CCC(c1nc2ccccc2c(=O)n1C)N(Cc1ccccc1)C(=O)C1CCCC1. The van der Waals surface area contributed by atoms with Crippen LogP contribution in [0.1, 0.15) is 56.5 Å². The van der Waals surface area contributed by atoms with Crippen LogP contribution in [0.15, 0.2) is 59.4 Å². The number of para-hydroxylation sites is 1. The number of rotatable bonds is 6. The summed E-state index contributed by atoms with van der Waals surface area (Å²) in [5.41, 5.74) is 1.71. The summed E-state index contributed by atoms with van der Waals surface area (Å²) in [5.74, 6) is 0.911. The summed E-state index contributed by atoms with van der Waals surface area (Å²) in [7, 11) is 1.76. The zero-order valence-corrected chi connectivity index (χ0v) is 17.8. The fourth-order valence-electron chi connectivity index (χ4n) is 4.60. The Morgan fingerprint density at radius 1 is 1.10 bits per heavy atom. The lowest BCUT2D eigenvalue weighted by atomic mass is 10.0. The van der Waals surface area contributed by atoms with Crippen molar-refractivity contribution >= 4 is 16.8 Å². The van der Waals surface area contributed by atoms with Gasteiger partial charge in [-0.05, 0) is 37.0 Å². The van der Waals surface area contributed by atoms with Crippen molar-refractivity contribution in [2.45, 2.75) is 51.6 Å². The fraction of sp³-hybridized carbons (Fsp3) is 0.400. The molecule has 4 rings (SSSR count). The van der Waals surface area contributed by atoms with E-state index in [2.05, 4.69) is 19.1 Å². The molecule has 156 valence electrons. The maximum atomic E-state index is 13.6. The van der Waals surface area contributed by atoms with Gasteiger partial charge in [0.2, 0.25) is 5.91 Å². The third kappa shape index (κ3) is 3.89. The maximum absolute atomic E-state index is 13.6. The molecule has 0 aliphatic heterocycles. The van der Waals surface area contributed by atoms with Crippen LogP contribution in [0.3, 0.4) is 0 Å². The van der Waals surface area contributed by atoms with Gasteiger partial charge < -0.3 is 4.90 Å². The van der Waals surface area contributed by atoms with Crippen molar-refractivity contribution in [3.63, 3.8) is 0 Å². The van der Waals surface area contributed by atoms with E-state index in [1.54, 1.807) is 17.7 Å². The van der Waals surface area contributed by atoms with E-state index in [4.69, 9.17) is 4.98 Å². The van der Waals surface area contributed by atoms with E-state index >= 15 is 0 Å². The molecule has 0 radical (unpaired) electrons. The van der Waals surface area contributed by atoms with Crippen LogP contribution in [0.5, 0.6) is 0 Å². The summed E-state index contributed by atoms with van der Waals surface area (Å²) in [6.45, 7) is 2.59. The van der Waals surface area contributed by atoms with Crippen LogP contribution in [-0.2, 0) is 18.4 Å². The van der Waals surface area contributed by atoms with E-state index in [1.165, 1.54) is 0 Å². The van der Waals surface area contributed by atoms with Crippen molar-refractivity contribution in [1.82, 2.24) is 14.5 Å². The first kappa shape index (κ1) is 20.3. The van der Waals surface area contributed by atoms with E-state index in [0.29, 0.717) is 29.7 Å². The highest BCUT2D eigenvalue weighted by Gasteiger charge is 2.33. The van der Waals surface area contributed by atoms with Crippen LogP contribution in [0.2, 0.25) is 0 Å². The Morgan fingerprint density at radius 2 is 1.77 bits per heavy atom. The summed E-state index contributed by atoms with van der Waals surface area (Å²) in [6.07, 6.45) is 4.82. The average Bonchev–Trinajstić information content (AvgIpc) is 3.32. The molecule has 2 aromatic carbocycles. The van der Waals surface area contributed by atoms with Gasteiger partial charge in [-0.15, -0.1) is 0 Å². The summed E-state index contributed by atoms with van der Waals surface area (Å²) in [4.78, 5) is 33.4. The minimum Gasteiger partial charge on any atom is -0.328 e. The van der Waals surface area contributed by atoms with Crippen molar-refractivity contribution in [2.24, 2.45) is 13.0 Å². The van der Waals surface area contributed by atoms with E-state index < -0.39 is 0 Å². The van der Waals surface area contributed by atoms with Crippen LogP contribution in [0.4, 0.5) is 0 Å². The Kier molecular flexibility index (Phi) is 5.98. The van der Waals surface area contributed by atoms with Crippen LogP contribution < -0.4 is 5.56 Å². The van der Waals surface area contributed by atoms with E-state index in [1.807, 2.05) is 41.3 Å². The largest absolute Gasteiger partial charge is 0.328 e. The number of nitrogens with zero attached hydrogens (tertiary/aromatic N) is 3. The first-order valence-electron chi connectivity index (χ1n) is 10.9. The number of carbonyl (C=O) groups excluding carboxylic acids is 1. The van der Waals surface area contributed by atoms with Crippen LogP contribution in [-0.4, -0.2) is 20.4 Å². The zero-order chi connectivity index (χ0) is 21.1. The van der Waals surface area contributed by atoms with Gasteiger partial charge in [-0.3, -0.25) is 14.2 Å². The molecule has 1 aliphatic carbocycles. The van der Waals surface area contributed by atoms with Crippen LogP contribution in [0.25, 0.3) is 10.9 Å². The molecular weight excluding hydrogens is 374 g/mol. The molecule has 1 amide bonds. The Bertz CT molecular complexity index is 1080. The molecule has 1 heterocycles. The Labute approximate surface area is 177 Å². The van der Waals surface area contributed by atoms with Gasteiger partial charge >= 0.3 is 0 Å². The molecule has 3 aromatic rings. The molecule has 0 N–H and O–H groups in total. The second-order valence-corrected chi connectivity index (χ2v) is 8.21. The Morgan fingerprint density at radius 3 is 2.47 bits per heavy atom. The molecule has 0 saturated heterocycles. The molecule has 0 spiro atoms. The number of carbonyl (C=O) groups is 1. The lowest BCUT2D eigenvalue weighted by molar-refractivity contribution is -0.139. The summed E-state index contributed by atoms with van der Waals surface area (Å²) < 4.78 is 1.62. The number of fused-ring (bicyclic) bond motifs is 1. The molecule has 5 nitrogen and oxygen atoms in total. The summed E-state index contributed by atoms with van der Waals surface area (Å²) in [6, 6.07) is 17.3. The lowest BCUT2D eigenvalue weighted by Gasteiger charge is -2.34. The molecule has 30 heavy (non-hydrogen) atoms. The minimum absolute atomic E-state index is 0.0676. The third-order valence-corrected chi connectivity index (χ3v) is 6.26. The highest BCUT2D eigenvalue weighted by molar-refractivity contribution is 5.80. The van der Waals surface area contributed by atoms with Gasteiger partial charge in [0.25, 0.3) is 5.56 Å². The molecule has 1 atom stereocenters. The van der Waals surface area contributed by atoms with Gasteiger partial charge in [0.05, 0.1) is 16.9 Å². The standard InChI is InChI=1S/C25H29N3O2/c1-3-22(23-26-21-16-10-9-15-20(21)25(30)27(23)2)28(17-18-11-5-4-6-12-18)24(29)19-13-7-8-14-19/h4-6,9-12,15-16,19,22H,3,7-8,13-14,17H2,1-2H3. The van der Waals surface area contributed by atoms with Crippen LogP contribution in [0, 0.1) is 5.92 Å². The lowest BCUT2D eigenvalue weighted by Crippen LogP contribution is -2.40. The highest BCUT2D eigenvalue weighted by Crippen LogP contribution is 2.32. The number of hydrogen-bond acceptors (Lipinski definition) is 3. The van der Waals surface area contributed by atoms with Crippen molar-refractivity contribution in [3.8, 4) is 0 Å². The molecular formula is C25H29N3O2. The topological polar surface area (TPSA) is 55.2 Å². The fourth-order valence-corrected chi connectivity index (χ4v) is 4.60. The maximum Gasteiger partial charge on any atom is 0.261 e. The van der Waals surface area contributed by atoms with Gasteiger partial charge in [0.1, 0.15) is 5.82 Å². The Balaban J connectivity index is 1.79.